The van der Waals surface area contributed by atoms with Gasteiger partial charge in [-0.05, 0) is 67.8 Å². The molecule has 4 rings (SSSR count). The fourth-order valence-electron chi connectivity index (χ4n) is 4.19. The molecule has 0 unspecified atom stereocenters. The SMILES string of the molecule is Cc1ccccc1C(=O)N1CCN(c2ccc(NC(=O)Nc3c(C)cccc3C)cc2)CC1. The van der Waals surface area contributed by atoms with Crippen LogP contribution in [0.3, 0.4) is 0 Å². The summed E-state index contributed by atoms with van der Waals surface area (Å²) in [6.07, 6.45) is 0. The second-order valence-corrected chi connectivity index (χ2v) is 8.49. The molecule has 1 aliphatic rings. The number of hydrogen-bond acceptors (Lipinski definition) is 3. The summed E-state index contributed by atoms with van der Waals surface area (Å²) in [4.78, 5) is 29.5. The van der Waals surface area contributed by atoms with Crippen molar-refractivity contribution in [1.82, 2.24) is 4.90 Å². The van der Waals surface area contributed by atoms with Crippen molar-refractivity contribution in [2.75, 3.05) is 41.7 Å². The molecule has 3 aromatic carbocycles. The monoisotopic (exact) mass is 442 g/mol. The molecule has 1 aliphatic heterocycles. The molecule has 2 N–H and O–H groups in total. The van der Waals surface area contributed by atoms with Crippen LogP contribution in [0.25, 0.3) is 0 Å². The second-order valence-electron chi connectivity index (χ2n) is 8.49. The summed E-state index contributed by atoms with van der Waals surface area (Å²) >= 11 is 0. The third kappa shape index (κ3) is 5.17. The predicted molar refractivity (Wildman–Crippen MR) is 134 cm³/mol. The van der Waals surface area contributed by atoms with Gasteiger partial charge in [-0.15, -0.1) is 0 Å². The summed E-state index contributed by atoms with van der Waals surface area (Å²) in [6.45, 7) is 8.85. The van der Waals surface area contributed by atoms with Crippen molar-refractivity contribution in [2.45, 2.75) is 20.8 Å². The molecule has 0 spiro atoms. The Morgan fingerprint density at radius 1 is 0.697 bits per heavy atom. The van der Waals surface area contributed by atoms with Gasteiger partial charge in [0.15, 0.2) is 0 Å². The van der Waals surface area contributed by atoms with Gasteiger partial charge in [-0.3, -0.25) is 4.79 Å². The Morgan fingerprint density at radius 2 is 1.30 bits per heavy atom. The summed E-state index contributed by atoms with van der Waals surface area (Å²) in [5, 5.41) is 5.84. The van der Waals surface area contributed by atoms with Gasteiger partial charge in [-0.1, -0.05) is 36.4 Å². The third-order valence-corrected chi connectivity index (χ3v) is 6.15. The number of carbonyl (C=O) groups is 2. The summed E-state index contributed by atoms with van der Waals surface area (Å²) in [7, 11) is 0. The van der Waals surface area contributed by atoms with E-state index in [1.807, 2.05) is 92.4 Å². The minimum absolute atomic E-state index is 0.0993. The van der Waals surface area contributed by atoms with Crippen LogP contribution in [-0.4, -0.2) is 43.0 Å². The zero-order chi connectivity index (χ0) is 23.4. The molecule has 1 fully saturated rings. The molecule has 3 aromatic rings. The van der Waals surface area contributed by atoms with E-state index in [4.69, 9.17) is 0 Å². The number of nitrogens with zero attached hydrogens (tertiary/aromatic N) is 2. The molecule has 0 aliphatic carbocycles. The lowest BCUT2D eigenvalue weighted by atomic mass is 10.1. The molecule has 6 nitrogen and oxygen atoms in total. The van der Waals surface area contributed by atoms with E-state index in [2.05, 4.69) is 15.5 Å². The van der Waals surface area contributed by atoms with Crippen LogP contribution in [0.4, 0.5) is 21.9 Å². The summed E-state index contributed by atoms with van der Waals surface area (Å²) in [5.74, 6) is 0.0993. The fraction of sp³-hybridized carbons (Fsp3) is 0.259. The van der Waals surface area contributed by atoms with E-state index in [9.17, 15) is 9.59 Å². The average molecular weight is 443 g/mol. The van der Waals surface area contributed by atoms with Gasteiger partial charge in [0, 0.05) is 48.8 Å². The third-order valence-electron chi connectivity index (χ3n) is 6.15. The number of para-hydroxylation sites is 1. The Bertz CT molecular complexity index is 1130. The Hall–Kier alpha value is -3.80. The molecule has 0 bridgehead atoms. The molecule has 1 saturated heterocycles. The molecule has 33 heavy (non-hydrogen) atoms. The Morgan fingerprint density at radius 3 is 1.94 bits per heavy atom. The first-order valence-corrected chi connectivity index (χ1v) is 11.3. The quantitative estimate of drug-likeness (QED) is 0.582. The number of urea groups is 1. The zero-order valence-corrected chi connectivity index (χ0v) is 19.4. The van der Waals surface area contributed by atoms with Crippen molar-refractivity contribution < 1.29 is 9.59 Å². The fourth-order valence-corrected chi connectivity index (χ4v) is 4.19. The minimum Gasteiger partial charge on any atom is -0.368 e. The Balaban J connectivity index is 1.32. The van der Waals surface area contributed by atoms with E-state index in [0.717, 1.165) is 52.4 Å². The molecular weight excluding hydrogens is 412 g/mol. The molecule has 170 valence electrons. The van der Waals surface area contributed by atoms with Crippen LogP contribution in [0.5, 0.6) is 0 Å². The first kappa shape index (κ1) is 22.4. The van der Waals surface area contributed by atoms with E-state index >= 15 is 0 Å². The van der Waals surface area contributed by atoms with Crippen molar-refractivity contribution in [3.05, 3.63) is 89.0 Å². The normalized spacial score (nSPS) is 13.5. The van der Waals surface area contributed by atoms with Crippen molar-refractivity contribution in [3.8, 4) is 0 Å². The molecule has 0 atom stereocenters. The van der Waals surface area contributed by atoms with Crippen LogP contribution in [0.1, 0.15) is 27.0 Å². The molecule has 0 saturated carbocycles. The van der Waals surface area contributed by atoms with Crippen LogP contribution >= 0.6 is 0 Å². The number of carbonyl (C=O) groups excluding carboxylic acids is 2. The maximum atomic E-state index is 12.8. The standard InChI is InChI=1S/C27H30N4O2/c1-19-7-4-5-10-24(19)26(32)31-17-15-30(16-18-31)23-13-11-22(12-14-23)28-27(33)29-25-20(2)8-6-9-21(25)3/h4-14H,15-18H2,1-3H3,(H2,28,29,33). The van der Waals surface area contributed by atoms with Gasteiger partial charge >= 0.3 is 6.03 Å². The lowest BCUT2D eigenvalue weighted by molar-refractivity contribution is 0.0746. The maximum absolute atomic E-state index is 12.8. The molecule has 1 heterocycles. The molecular formula is C27H30N4O2. The van der Waals surface area contributed by atoms with E-state index in [0.29, 0.717) is 13.1 Å². The summed E-state index contributed by atoms with van der Waals surface area (Å²) in [5.41, 5.74) is 6.50. The highest BCUT2D eigenvalue weighted by Crippen LogP contribution is 2.22. The molecule has 6 heteroatoms. The van der Waals surface area contributed by atoms with Gasteiger partial charge in [0.25, 0.3) is 5.91 Å². The van der Waals surface area contributed by atoms with Crippen LogP contribution in [0.15, 0.2) is 66.7 Å². The van der Waals surface area contributed by atoms with Crippen LogP contribution < -0.4 is 15.5 Å². The van der Waals surface area contributed by atoms with Gasteiger partial charge in [0.2, 0.25) is 0 Å². The number of nitrogens with one attached hydrogen (secondary N) is 2. The lowest BCUT2D eigenvalue weighted by Gasteiger charge is -2.36. The molecule has 0 radical (unpaired) electrons. The van der Waals surface area contributed by atoms with Crippen molar-refractivity contribution in [3.63, 3.8) is 0 Å². The van der Waals surface area contributed by atoms with E-state index in [1.165, 1.54) is 0 Å². The second kappa shape index (κ2) is 9.77. The number of rotatable bonds is 4. The topological polar surface area (TPSA) is 64.7 Å². The van der Waals surface area contributed by atoms with Gasteiger partial charge in [0.1, 0.15) is 0 Å². The van der Waals surface area contributed by atoms with Gasteiger partial charge in [0.05, 0.1) is 0 Å². The van der Waals surface area contributed by atoms with Crippen LogP contribution in [0, 0.1) is 20.8 Å². The predicted octanol–water partition coefficient (Wildman–Crippen LogP) is 5.22. The largest absolute Gasteiger partial charge is 0.368 e. The molecule has 3 amide bonds. The van der Waals surface area contributed by atoms with Gasteiger partial charge < -0.3 is 20.4 Å². The zero-order valence-electron chi connectivity index (χ0n) is 19.4. The van der Waals surface area contributed by atoms with Crippen molar-refractivity contribution >= 4 is 29.0 Å². The minimum atomic E-state index is -0.261. The maximum Gasteiger partial charge on any atom is 0.323 e. The Kier molecular flexibility index (Phi) is 6.63. The van der Waals surface area contributed by atoms with E-state index in [-0.39, 0.29) is 11.9 Å². The number of hydrogen-bond donors (Lipinski definition) is 2. The van der Waals surface area contributed by atoms with Crippen LogP contribution in [0.2, 0.25) is 0 Å². The first-order chi connectivity index (χ1) is 15.9. The highest BCUT2D eigenvalue weighted by Gasteiger charge is 2.23. The number of benzene rings is 3. The lowest BCUT2D eigenvalue weighted by Crippen LogP contribution is -2.48. The summed E-state index contributed by atoms with van der Waals surface area (Å²) < 4.78 is 0. The molecule has 0 aromatic heterocycles. The number of aryl methyl sites for hydroxylation is 3. The number of amides is 3. The smallest absolute Gasteiger partial charge is 0.323 e. The van der Waals surface area contributed by atoms with Gasteiger partial charge in [-0.2, -0.15) is 0 Å². The van der Waals surface area contributed by atoms with Crippen LogP contribution in [-0.2, 0) is 0 Å². The average Bonchev–Trinajstić information content (AvgIpc) is 2.82. The number of piperazine rings is 1. The highest BCUT2D eigenvalue weighted by molar-refractivity contribution is 6.00. The summed E-state index contributed by atoms with van der Waals surface area (Å²) in [6, 6.07) is 21.2. The Labute approximate surface area is 195 Å². The highest BCUT2D eigenvalue weighted by atomic mass is 16.2. The van der Waals surface area contributed by atoms with Gasteiger partial charge in [-0.25, -0.2) is 4.79 Å². The van der Waals surface area contributed by atoms with E-state index in [1.54, 1.807) is 0 Å². The van der Waals surface area contributed by atoms with Crippen molar-refractivity contribution in [1.29, 1.82) is 0 Å². The van der Waals surface area contributed by atoms with Crippen molar-refractivity contribution in [2.24, 2.45) is 0 Å². The number of anilines is 3. The first-order valence-electron chi connectivity index (χ1n) is 11.3. The van der Waals surface area contributed by atoms with E-state index < -0.39 is 0 Å².